The summed E-state index contributed by atoms with van der Waals surface area (Å²) in [5, 5.41) is 0. The van der Waals surface area contributed by atoms with Crippen LogP contribution in [0.3, 0.4) is 0 Å². The van der Waals surface area contributed by atoms with E-state index in [2.05, 4.69) is 35.0 Å². The molecule has 0 bridgehead atoms. The van der Waals surface area contributed by atoms with E-state index in [1.807, 2.05) is 0 Å². The number of rotatable bonds is 2. The number of hydrogen-bond acceptors (Lipinski definition) is 0. The molecular weight excluding hydrogens is 118 g/mol. The Morgan fingerprint density at radius 3 is 1.12 bits per heavy atom. The van der Waals surface area contributed by atoms with Crippen LogP contribution in [0.25, 0.3) is 0 Å². The van der Waals surface area contributed by atoms with Crippen LogP contribution in [0.15, 0.2) is 0 Å². The molecule has 0 unspecified atom stereocenters. The fourth-order valence-corrected chi connectivity index (χ4v) is 0.770. The first-order valence-electron chi connectivity index (χ1n) is 2.98. The van der Waals surface area contributed by atoms with Crippen LogP contribution < -0.4 is 12.4 Å². The summed E-state index contributed by atoms with van der Waals surface area (Å²) in [7, 11) is 2.33. The fraction of sp³-hybridized carbons (Fsp3) is 1.00. The molecule has 0 N–H and O–H groups in total. The normalized spacial score (nSPS) is 8.75. The van der Waals surface area contributed by atoms with Crippen molar-refractivity contribution in [3.8, 4) is 0 Å². The zero-order chi connectivity index (χ0) is 5.86. The monoisotopic (exact) mass is 132 g/mol. The summed E-state index contributed by atoms with van der Waals surface area (Å²) in [6.07, 6.45) is 0. The van der Waals surface area contributed by atoms with Crippen molar-refractivity contribution in [1.82, 2.24) is 0 Å². The van der Waals surface area contributed by atoms with Crippen LogP contribution in [0.1, 0.15) is 27.7 Å². The van der Waals surface area contributed by atoms with Gasteiger partial charge in [-0.25, -0.2) is 0 Å². The SMILES string of the molecule is CC(C)[B+]C(C)C.[Cl-]. The summed E-state index contributed by atoms with van der Waals surface area (Å²) < 4.78 is 0. The summed E-state index contributed by atoms with van der Waals surface area (Å²) in [5.74, 6) is 1.50. The quantitative estimate of drug-likeness (QED) is 0.438. The molecule has 0 aliphatic carbocycles. The molecule has 8 heavy (non-hydrogen) atoms. The second-order valence-corrected chi connectivity index (χ2v) is 2.68. The van der Waals surface area contributed by atoms with Gasteiger partial charge in [-0.2, -0.15) is 0 Å². The van der Waals surface area contributed by atoms with Crippen LogP contribution in [-0.2, 0) is 0 Å². The minimum absolute atomic E-state index is 0. The molecule has 0 saturated carbocycles. The molecular formula is C6H14BCl. The molecule has 0 aromatic heterocycles. The maximum Gasteiger partial charge on any atom is -1.00 e. The van der Waals surface area contributed by atoms with Crippen LogP contribution in [0.2, 0.25) is 11.6 Å². The Morgan fingerprint density at radius 1 is 0.875 bits per heavy atom. The first kappa shape index (κ1) is 11.2. The van der Waals surface area contributed by atoms with Gasteiger partial charge in [0.15, 0.2) is 0 Å². The van der Waals surface area contributed by atoms with Crippen molar-refractivity contribution >= 4 is 7.28 Å². The Labute approximate surface area is 59.7 Å². The minimum atomic E-state index is 0. The summed E-state index contributed by atoms with van der Waals surface area (Å²) >= 11 is 0. The largest absolute Gasteiger partial charge is 1.00 e. The van der Waals surface area contributed by atoms with Crippen LogP contribution in [0, 0.1) is 0 Å². The second-order valence-electron chi connectivity index (χ2n) is 2.68. The summed E-state index contributed by atoms with van der Waals surface area (Å²) in [6, 6.07) is 0. The predicted octanol–water partition coefficient (Wildman–Crippen LogP) is -0.649. The third-order valence-electron chi connectivity index (χ3n) is 0.770. The first-order chi connectivity index (χ1) is 3.13. The molecule has 0 saturated heterocycles. The van der Waals surface area contributed by atoms with Crippen molar-refractivity contribution < 1.29 is 12.4 Å². The first-order valence-corrected chi connectivity index (χ1v) is 2.98. The molecule has 0 aliphatic heterocycles. The maximum absolute atomic E-state index is 2.33. The van der Waals surface area contributed by atoms with Crippen molar-refractivity contribution in [2.24, 2.45) is 0 Å². The Bertz CT molecular complexity index is 37.8. The van der Waals surface area contributed by atoms with E-state index >= 15 is 0 Å². The predicted molar refractivity (Wildman–Crippen MR) is 35.9 cm³/mol. The van der Waals surface area contributed by atoms with E-state index in [4.69, 9.17) is 0 Å². The third-order valence-corrected chi connectivity index (χ3v) is 0.770. The molecule has 0 radical (unpaired) electrons. The van der Waals surface area contributed by atoms with Gasteiger partial charge in [0.05, 0.1) is 0 Å². The van der Waals surface area contributed by atoms with Gasteiger partial charge in [0.1, 0.15) is 0 Å². The van der Waals surface area contributed by atoms with E-state index in [9.17, 15) is 0 Å². The second kappa shape index (κ2) is 5.49. The van der Waals surface area contributed by atoms with Crippen molar-refractivity contribution in [2.75, 3.05) is 0 Å². The topological polar surface area (TPSA) is 0 Å². The van der Waals surface area contributed by atoms with E-state index in [0.717, 1.165) is 11.6 Å². The van der Waals surface area contributed by atoms with Crippen LogP contribution in [0.4, 0.5) is 0 Å². The van der Waals surface area contributed by atoms with Crippen molar-refractivity contribution in [2.45, 2.75) is 39.3 Å². The Kier molecular flexibility index (Phi) is 7.68. The zero-order valence-electron chi connectivity index (χ0n) is 6.11. The van der Waals surface area contributed by atoms with E-state index in [1.165, 1.54) is 0 Å². The smallest absolute Gasteiger partial charge is 1.00 e. The van der Waals surface area contributed by atoms with Gasteiger partial charge in [0, 0.05) is 0 Å². The number of halogens is 1. The molecule has 48 valence electrons. The van der Waals surface area contributed by atoms with E-state index < -0.39 is 0 Å². The van der Waals surface area contributed by atoms with Crippen molar-refractivity contribution in [1.29, 1.82) is 0 Å². The molecule has 0 rings (SSSR count). The van der Waals surface area contributed by atoms with E-state index in [-0.39, 0.29) is 12.4 Å². The Morgan fingerprint density at radius 2 is 1.12 bits per heavy atom. The molecule has 2 heteroatoms. The minimum Gasteiger partial charge on any atom is -1.00 e. The molecule has 0 nitrogen and oxygen atoms in total. The Hall–Kier alpha value is 0.355. The Balaban J connectivity index is 0. The molecule has 0 atom stereocenters. The van der Waals surface area contributed by atoms with E-state index in [1.54, 1.807) is 0 Å². The van der Waals surface area contributed by atoms with Gasteiger partial charge in [-0.15, -0.1) is 0 Å². The molecule has 0 spiro atoms. The maximum atomic E-state index is 2.33. The van der Waals surface area contributed by atoms with Crippen molar-refractivity contribution in [3.05, 3.63) is 0 Å². The molecule has 0 amide bonds. The van der Waals surface area contributed by atoms with Crippen LogP contribution >= 0.6 is 0 Å². The van der Waals surface area contributed by atoms with Crippen LogP contribution in [0.5, 0.6) is 0 Å². The third kappa shape index (κ3) is 9.61. The molecule has 0 aromatic rings. The van der Waals surface area contributed by atoms with Crippen LogP contribution in [-0.4, -0.2) is 7.28 Å². The van der Waals surface area contributed by atoms with Gasteiger partial charge in [0.25, 0.3) is 0 Å². The van der Waals surface area contributed by atoms with Gasteiger partial charge in [-0.05, 0) is 0 Å². The molecule has 0 fully saturated rings. The summed E-state index contributed by atoms with van der Waals surface area (Å²) in [6.45, 7) is 8.83. The standard InChI is InChI=1S/C6H14B.ClH/c1-5(2)7-6(3)4;/h5-6H,1-4H3;1H/q+1;/p-1. The van der Waals surface area contributed by atoms with Gasteiger partial charge in [-0.1, -0.05) is 0 Å². The summed E-state index contributed by atoms with van der Waals surface area (Å²) in [5.41, 5.74) is 0. The molecule has 0 aliphatic rings. The summed E-state index contributed by atoms with van der Waals surface area (Å²) in [4.78, 5) is 0. The van der Waals surface area contributed by atoms with Gasteiger partial charge < -0.3 is 12.4 Å². The van der Waals surface area contributed by atoms with Gasteiger partial charge in [-0.3, -0.25) is 0 Å². The van der Waals surface area contributed by atoms with E-state index in [0.29, 0.717) is 0 Å². The fourth-order valence-electron chi connectivity index (χ4n) is 0.770. The molecule has 0 aromatic carbocycles. The van der Waals surface area contributed by atoms with Crippen molar-refractivity contribution in [3.63, 3.8) is 0 Å². The van der Waals surface area contributed by atoms with Gasteiger partial charge in [0.2, 0.25) is 0 Å². The number of hydrogen-bond donors (Lipinski definition) is 0. The van der Waals surface area contributed by atoms with Gasteiger partial charge >= 0.3 is 46.6 Å². The average molecular weight is 132 g/mol. The zero-order valence-corrected chi connectivity index (χ0v) is 6.87. The average Bonchev–Trinajstić information content (AvgIpc) is 1.27. The molecule has 0 heterocycles.